The van der Waals surface area contributed by atoms with Gasteiger partial charge in [0.25, 0.3) is 0 Å². The van der Waals surface area contributed by atoms with Gasteiger partial charge in [-0.2, -0.15) is 0 Å². The van der Waals surface area contributed by atoms with Crippen molar-refractivity contribution < 1.29 is 4.21 Å². The molecule has 1 atom stereocenters. The second-order valence-electron chi connectivity index (χ2n) is 5.42. The van der Waals surface area contributed by atoms with Crippen molar-refractivity contribution >= 4 is 28.2 Å². The van der Waals surface area contributed by atoms with Crippen molar-refractivity contribution in [3.8, 4) is 0 Å². The van der Waals surface area contributed by atoms with Crippen LogP contribution in [0, 0.1) is 0 Å². The molecule has 0 aliphatic carbocycles. The Bertz CT molecular complexity index is 488. The van der Waals surface area contributed by atoms with Gasteiger partial charge in [0.15, 0.2) is 0 Å². The van der Waals surface area contributed by atoms with E-state index in [0.29, 0.717) is 0 Å². The van der Waals surface area contributed by atoms with Crippen LogP contribution in [0.1, 0.15) is 26.3 Å². The predicted octanol–water partition coefficient (Wildman–Crippen LogP) is 3.50. The van der Waals surface area contributed by atoms with Crippen LogP contribution in [-0.2, 0) is 11.0 Å². The summed E-state index contributed by atoms with van der Waals surface area (Å²) in [4.78, 5) is 0. The van der Waals surface area contributed by atoms with Crippen LogP contribution in [-0.4, -0.2) is 26.4 Å². The highest BCUT2D eigenvalue weighted by Crippen LogP contribution is 2.26. The third kappa shape index (κ3) is 3.02. The summed E-state index contributed by atoms with van der Waals surface area (Å²) in [5.41, 5.74) is 2.39. The lowest BCUT2D eigenvalue weighted by Gasteiger charge is -2.25. The SMILES string of the molecule is CC(C)(C)[S@@](=O)N1CC=C(c2ccc(Cl)cc2)C1. The second kappa shape index (κ2) is 5.16. The van der Waals surface area contributed by atoms with E-state index in [2.05, 4.69) is 6.08 Å². The molecule has 0 spiro atoms. The molecule has 98 valence electrons. The molecule has 0 amide bonds. The number of benzene rings is 1. The van der Waals surface area contributed by atoms with Crippen LogP contribution in [0.2, 0.25) is 5.02 Å². The van der Waals surface area contributed by atoms with Gasteiger partial charge < -0.3 is 0 Å². The molecular formula is C14H18ClNOS. The summed E-state index contributed by atoms with van der Waals surface area (Å²) in [6, 6.07) is 7.80. The number of halogens is 1. The van der Waals surface area contributed by atoms with E-state index < -0.39 is 11.0 Å². The highest BCUT2D eigenvalue weighted by molar-refractivity contribution is 7.84. The highest BCUT2D eigenvalue weighted by atomic mass is 35.5. The fourth-order valence-corrected chi connectivity index (χ4v) is 3.28. The number of hydrogen-bond acceptors (Lipinski definition) is 1. The van der Waals surface area contributed by atoms with Gasteiger partial charge in [-0.05, 0) is 44.0 Å². The molecule has 1 heterocycles. The molecule has 1 aliphatic heterocycles. The largest absolute Gasteiger partial charge is 0.242 e. The van der Waals surface area contributed by atoms with Crippen LogP contribution in [0.15, 0.2) is 30.3 Å². The molecule has 0 bridgehead atoms. The van der Waals surface area contributed by atoms with Gasteiger partial charge >= 0.3 is 0 Å². The zero-order valence-corrected chi connectivity index (χ0v) is 12.5. The standard InChI is InChI=1S/C14H18ClNOS/c1-14(2,3)18(17)16-9-8-12(10-16)11-4-6-13(15)7-5-11/h4-8H,9-10H2,1-3H3/t18-/m1/s1. The molecule has 0 fully saturated rings. The van der Waals surface area contributed by atoms with E-state index in [-0.39, 0.29) is 4.75 Å². The quantitative estimate of drug-likeness (QED) is 0.813. The molecule has 4 heteroatoms. The van der Waals surface area contributed by atoms with E-state index in [4.69, 9.17) is 11.6 Å². The summed E-state index contributed by atoms with van der Waals surface area (Å²) < 4.78 is 14.1. The van der Waals surface area contributed by atoms with Gasteiger partial charge in [0, 0.05) is 18.1 Å². The number of hydrogen-bond donors (Lipinski definition) is 0. The monoisotopic (exact) mass is 283 g/mol. The first kappa shape index (κ1) is 13.8. The molecule has 0 saturated carbocycles. The van der Waals surface area contributed by atoms with Crippen molar-refractivity contribution in [3.05, 3.63) is 40.9 Å². The van der Waals surface area contributed by atoms with E-state index in [0.717, 1.165) is 23.7 Å². The first-order chi connectivity index (χ1) is 8.38. The third-order valence-electron chi connectivity index (χ3n) is 2.86. The zero-order chi connectivity index (χ0) is 13.3. The molecule has 0 N–H and O–H groups in total. The van der Waals surface area contributed by atoms with E-state index in [1.807, 2.05) is 49.3 Å². The van der Waals surface area contributed by atoms with Gasteiger partial charge in [-0.3, -0.25) is 0 Å². The summed E-state index contributed by atoms with van der Waals surface area (Å²) in [5, 5.41) is 0.743. The molecule has 2 nitrogen and oxygen atoms in total. The Hall–Kier alpha value is -0.640. The Balaban J connectivity index is 2.08. The van der Waals surface area contributed by atoms with Crippen LogP contribution >= 0.6 is 11.6 Å². The maximum absolute atomic E-state index is 12.3. The Morgan fingerprint density at radius 1 is 1.22 bits per heavy atom. The maximum Gasteiger partial charge on any atom is 0.100 e. The van der Waals surface area contributed by atoms with Crippen molar-refractivity contribution in [3.63, 3.8) is 0 Å². The van der Waals surface area contributed by atoms with Gasteiger partial charge in [0.1, 0.15) is 11.0 Å². The number of nitrogens with zero attached hydrogens (tertiary/aromatic N) is 1. The van der Waals surface area contributed by atoms with E-state index >= 15 is 0 Å². The van der Waals surface area contributed by atoms with Gasteiger partial charge in [0.2, 0.25) is 0 Å². The summed E-state index contributed by atoms with van der Waals surface area (Å²) in [5.74, 6) is 0. The summed E-state index contributed by atoms with van der Waals surface area (Å²) in [6.07, 6.45) is 2.15. The second-order valence-corrected chi connectivity index (χ2v) is 8.10. The van der Waals surface area contributed by atoms with Crippen molar-refractivity contribution in [2.24, 2.45) is 0 Å². The fraction of sp³-hybridized carbons (Fsp3) is 0.429. The van der Waals surface area contributed by atoms with Gasteiger partial charge in [-0.15, -0.1) is 0 Å². The van der Waals surface area contributed by atoms with Crippen molar-refractivity contribution in [1.29, 1.82) is 0 Å². The average Bonchev–Trinajstić information content (AvgIpc) is 2.77. The highest BCUT2D eigenvalue weighted by Gasteiger charge is 2.28. The Morgan fingerprint density at radius 3 is 2.39 bits per heavy atom. The first-order valence-electron chi connectivity index (χ1n) is 6.00. The first-order valence-corrected chi connectivity index (χ1v) is 7.48. The third-order valence-corrected chi connectivity index (χ3v) is 4.91. The molecule has 1 aromatic rings. The lowest BCUT2D eigenvalue weighted by Crippen LogP contribution is -2.36. The molecule has 0 unspecified atom stereocenters. The minimum atomic E-state index is -0.956. The molecule has 0 saturated heterocycles. The van der Waals surface area contributed by atoms with Crippen LogP contribution in [0.5, 0.6) is 0 Å². The van der Waals surface area contributed by atoms with Gasteiger partial charge in [-0.25, -0.2) is 8.51 Å². The Labute approximate surface area is 116 Å². The van der Waals surface area contributed by atoms with E-state index in [1.54, 1.807) is 0 Å². The van der Waals surface area contributed by atoms with Gasteiger partial charge in [-0.1, -0.05) is 29.8 Å². The molecule has 0 radical (unpaired) electrons. The minimum Gasteiger partial charge on any atom is -0.242 e. The predicted molar refractivity (Wildman–Crippen MR) is 78.9 cm³/mol. The van der Waals surface area contributed by atoms with Crippen LogP contribution in [0.3, 0.4) is 0 Å². The van der Waals surface area contributed by atoms with Crippen LogP contribution in [0.25, 0.3) is 5.57 Å². The van der Waals surface area contributed by atoms with Crippen molar-refractivity contribution in [2.75, 3.05) is 13.1 Å². The smallest absolute Gasteiger partial charge is 0.100 e. The summed E-state index contributed by atoms with van der Waals surface area (Å²) in [6.45, 7) is 7.50. The fourth-order valence-electron chi connectivity index (χ4n) is 1.92. The average molecular weight is 284 g/mol. The Kier molecular flexibility index (Phi) is 3.95. The van der Waals surface area contributed by atoms with Crippen LogP contribution < -0.4 is 0 Å². The Morgan fingerprint density at radius 2 is 1.83 bits per heavy atom. The summed E-state index contributed by atoms with van der Waals surface area (Å²) >= 11 is 5.88. The molecular weight excluding hydrogens is 266 g/mol. The topological polar surface area (TPSA) is 20.3 Å². The minimum absolute atomic E-state index is 0.205. The molecule has 2 rings (SSSR count). The normalized spacial score (nSPS) is 18.8. The van der Waals surface area contributed by atoms with E-state index in [1.165, 1.54) is 5.57 Å². The molecule has 1 aromatic carbocycles. The molecule has 1 aliphatic rings. The van der Waals surface area contributed by atoms with Crippen molar-refractivity contribution in [1.82, 2.24) is 4.31 Å². The van der Waals surface area contributed by atoms with Gasteiger partial charge in [0.05, 0.1) is 4.75 Å². The van der Waals surface area contributed by atoms with Crippen LogP contribution in [0.4, 0.5) is 0 Å². The van der Waals surface area contributed by atoms with Crippen molar-refractivity contribution in [2.45, 2.75) is 25.5 Å². The van der Waals surface area contributed by atoms with E-state index in [9.17, 15) is 4.21 Å². The maximum atomic E-state index is 12.3. The molecule has 0 aromatic heterocycles. The number of rotatable bonds is 2. The molecule has 18 heavy (non-hydrogen) atoms. The lowest BCUT2D eigenvalue weighted by atomic mass is 10.1. The lowest BCUT2D eigenvalue weighted by molar-refractivity contribution is 0.528. The zero-order valence-electron chi connectivity index (χ0n) is 10.9. The summed E-state index contributed by atoms with van der Waals surface area (Å²) in [7, 11) is -0.956.